The molecule has 0 bridgehead atoms. The fourth-order valence-corrected chi connectivity index (χ4v) is 0.778. The molecule has 40 valence electrons. The number of rotatable bonds is 1. The summed E-state index contributed by atoms with van der Waals surface area (Å²) >= 11 is 1.61. The van der Waals surface area contributed by atoms with Crippen molar-refractivity contribution in [3.63, 3.8) is 0 Å². The Morgan fingerprint density at radius 3 is 2.29 bits per heavy atom. The monoisotopic (exact) mass is 116 g/mol. The summed E-state index contributed by atoms with van der Waals surface area (Å²) in [5, 5.41) is 5.11. The van der Waals surface area contributed by atoms with Gasteiger partial charge in [0.2, 0.25) is 0 Å². The summed E-state index contributed by atoms with van der Waals surface area (Å²) in [6.07, 6.45) is 0. The molecular formula is C4H8N2S. The third-order valence-electron chi connectivity index (χ3n) is 0.800. The van der Waals surface area contributed by atoms with Crippen LogP contribution in [0.15, 0.2) is 0 Å². The molecule has 0 saturated carbocycles. The van der Waals surface area contributed by atoms with Crippen molar-refractivity contribution < 1.29 is 0 Å². The molecule has 1 heterocycles. The molecule has 1 aromatic rings. The number of hydrogen-bond donors (Lipinski definition) is 1. The van der Waals surface area contributed by atoms with E-state index in [4.69, 9.17) is 0 Å². The van der Waals surface area contributed by atoms with Gasteiger partial charge in [-0.1, -0.05) is 13.8 Å². The number of aromatic nitrogens is 2. The Morgan fingerprint density at radius 2 is 2.29 bits per heavy atom. The second-order valence-electron chi connectivity index (χ2n) is 1.80. The van der Waals surface area contributed by atoms with Crippen LogP contribution in [-0.2, 0) is 0 Å². The molecule has 0 fully saturated rings. The van der Waals surface area contributed by atoms with Crippen LogP contribution in [0, 0.1) is 0 Å². The Morgan fingerprint density at radius 1 is 1.71 bits per heavy atom. The van der Waals surface area contributed by atoms with Crippen LogP contribution in [-0.4, -0.2) is 9.59 Å². The molecule has 0 aliphatic carbocycles. The summed E-state index contributed by atoms with van der Waals surface area (Å²) in [6, 6.07) is 0. The van der Waals surface area contributed by atoms with Gasteiger partial charge in [-0.15, -0.1) is 0 Å². The molecule has 0 aliphatic rings. The lowest BCUT2D eigenvalue weighted by Gasteiger charge is -2.01. The molecule has 3 heteroatoms. The van der Waals surface area contributed by atoms with Gasteiger partial charge in [-0.05, 0) is 11.5 Å². The predicted octanol–water partition coefficient (Wildman–Crippen LogP) is 1.59. The van der Waals surface area contributed by atoms with Crippen LogP contribution < -0.4 is 0 Å². The predicted molar refractivity (Wildman–Crippen MR) is 30.6 cm³/mol. The highest BCUT2D eigenvalue weighted by atomic mass is 32.1. The zero-order valence-corrected chi connectivity index (χ0v) is 5.25. The van der Waals surface area contributed by atoms with Crippen molar-refractivity contribution in [2.24, 2.45) is 0 Å². The van der Waals surface area contributed by atoms with Gasteiger partial charge in [-0.3, -0.25) is 0 Å². The highest BCUT2D eigenvalue weighted by Crippen LogP contribution is 2.14. The molecule has 0 aromatic carbocycles. The quantitative estimate of drug-likeness (QED) is 0.593. The van der Waals surface area contributed by atoms with Gasteiger partial charge in [-0.2, -0.15) is 5.10 Å². The van der Waals surface area contributed by atoms with Crippen molar-refractivity contribution in [1.29, 1.82) is 0 Å². The van der Waals surface area contributed by atoms with Gasteiger partial charge in [0, 0.05) is 5.92 Å². The summed E-state index contributed by atoms with van der Waals surface area (Å²) in [6.45, 7) is 4.26. The summed E-state index contributed by atoms with van der Waals surface area (Å²) in [5.74, 6) is 0.603. The minimum atomic E-state index is 0.603. The second-order valence-corrected chi connectivity index (χ2v) is 2.60. The summed E-state index contributed by atoms with van der Waals surface area (Å²) in [5.41, 5.74) is 0. The lowest BCUT2D eigenvalue weighted by atomic mass is 10.2. The van der Waals surface area contributed by atoms with Gasteiger partial charge in [0.15, 0.2) is 0 Å². The van der Waals surface area contributed by atoms with E-state index in [1.807, 2.05) is 0 Å². The number of H-pyrrole nitrogens is 1. The first kappa shape index (κ1) is 4.84. The van der Waals surface area contributed by atoms with E-state index in [9.17, 15) is 0 Å². The van der Waals surface area contributed by atoms with Gasteiger partial charge in [-0.25, -0.2) is 4.49 Å². The summed E-state index contributed by atoms with van der Waals surface area (Å²) in [4.78, 5) is 0. The Labute approximate surface area is 46.7 Å². The van der Waals surface area contributed by atoms with Crippen molar-refractivity contribution in [3.8, 4) is 0 Å². The van der Waals surface area contributed by atoms with E-state index < -0.39 is 0 Å². The Balaban J connectivity index is 2.54. The lowest BCUT2D eigenvalue weighted by Crippen LogP contribution is -1.93. The van der Waals surface area contributed by atoms with Crippen LogP contribution in [0.1, 0.15) is 24.8 Å². The van der Waals surface area contributed by atoms with Crippen LogP contribution in [0.25, 0.3) is 0 Å². The van der Waals surface area contributed by atoms with Crippen molar-refractivity contribution in [2.75, 3.05) is 0 Å². The van der Waals surface area contributed by atoms with Crippen molar-refractivity contribution in [2.45, 2.75) is 19.8 Å². The first-order chi connectivity index (χ1) is 3.30. The smallest absolute Gasteiger partial charge is 0.134 e. The van der Waals surface area contributed by atoms with Gasteiger partial charge in [0.25, 0.3) is 0 Å². The maximum absolute atomic E-state index is 3.90. The normalized spacial score (nSPS) is 10.7. The standard InChI is InChI=1S/C4H8N2S/c1-3(2)4-5-6-7-4/h3,6H,1-2H3. The molecular weight excluding hydrogens is 108 g/mol. The average Bonchev–Trinajstić information content (AvgIpc) is 1.23. The number of aromatic amines is 1. The first-order valence-electron chi connectivity index (χ1n) is 2.30. The number of nitrogens with zero attached hydrogens (tertiary/aromatic N) is 1. The van der Waals surface area contributed by atoms with Gasteiger partial charge < -0.3 is 0 Å². The molecule has 0 atom stereocenters. The van der Waals surface area contributed by atoms with Crippen molar-refractivity contribution in [3.05, 3.63) is 5.01 Å². The van der Waals surface area contributed by atoms with Crippen LogP contribution in [0.2, 0.25) is 0 Å². The first-order valence-corrected chi connectivity index (χ1v) is 3.12. The largest absolute Gasteiger partial charge is 0.230 e. The van der Waals surface area contributed by atoms with E-state index in [0.717, 1.165) is 0 Å². The fourth-order valence-electron chi connectivity index (χ4n) is 0.345. The van der Waals surface area contributed by atoms with E-state index in [1.54, 1.807) is 11.5 Å². The zero-order valence-electron chi connectivity index (χ0n) is 4.43. The third-order valence-corrected chi connectivity index (χ3v) is 1.75. The maximum Gasteiger partial charge on any atom is 0.134 e. The van der Waals surface area contributed by atoms with E-state index in [1.165, 1.54) is 5.01 Å². The van der Waals surface area contributed by atoms with Gasteiger partial charge in [0.05, 0.1) is 0 Å². The molecule has 2 nitrogen and oxygen atoms in total. The molecule has 1 N–H and O–H groups in total. The Bertz CT molecular complexity index is 122. The molecule has 0 spiro atoms. The van der Waals surface area contributed by atoms with Crippen LogP contribution in [0.4, 0.5) is 0 Å². The molecule has 0 amide bonds. The van der Waals surface area contributed by atoms with E-state index in [0.29, 0.717) is 5.92 Å². The van der Waals surface area contributed by atoms with Crippen molar-refractivity contribution >= 4 is 11.5 Å². The van der Waals surface area contributed by atoms with E-state index in [-0.39, 0.29) is 0 Å². The average molecular weight is 116 g/mol. The van der Waals surface area contributed by atoms with Crippen molar-refractivity contribution in [1.82, 2.24) is 9.59 Å². The summed E-state index contributed by atoms with van der Waals surface area (Å²) < 4.78 is 2.75. The molecule has 0 unspecified atom stereocenters. The molecule has 0 aliphatic heterocycles. The zero-order chi connectivity index (χ0) is 5.28. The highest BCUT2D eigenvalue weighted by Gasteiger charge is 2.01. The number of nitrogens with one attached hydrogen (secondary N) is 1. The summed E-state index contributed by atoms with van der Waals surface area (Å²) in [7, 11) is 0. The lowest BCUT2D eigenvalue weighted by molar-refractivity contribution is 0.808. The third kappa shape index (κ3) is 0.825. The molecule has 1 aromatic heterocycles. The second kappa shape index (κ2) is 1.66. The van der Waals surface area contributed by atoms with Crippen LogP contribution >= 0.6 is 11.5 Å². The highest BCUT2D eigenvalue weighted by molar-refractivity contribution is 7.06. The topological polar surface area (TPSA) is 28.7 Å². The fraction of sp³-hybridized carbons (Fsp3) is 0.750. The van der Waals surface area contributed by atoms with E-state index in [2.05, 4.69) is 23.4 Å². The Kier molecular flexibility index (Phi) is 1.15. The maximum atomic E-state index is 3.90. The molecule has 0 radical (unpaired) electrons. The Hall–Kier alpha value is -0.310. The van der Waals surface area contributed by atoms with Gasteiger partial charge in [0.1, 0.15) is 5.01 Å². The van der Waals surface area contributed by atoms with Gasteiger partial charge >= 0.3 is 0 Å². The molecule has 7 heavy (non-hydrogen) atoms. The molecule has 1 rings (SSSR count). The SMILES string of the molecule is CC(C)c1n[nH]s1. The van der Waals surface area contributed by atoms with Crippen LogP contribution in [0.3, 0.4) is 0 Å². The van der Waals surface area contributed by atoms with Crippen LogP contribution in [0.5, 0.6) is 0 Å². The minimum Gasteiger partial charge on any atom is -0.230 e. The molecule has 0 saturated heterocycles. The van der Waals surface area contributed by atoms with E-state index >= 15 is 0 Å². The number of hydrogen-bond acceptors (Lipinski definition) is 2. The minimum absolute atomic E-state index is 0.603.